The van der Waals surface area contributed by atoms with Crippen LogP contribution in [0.5, 0.6) is 0 Å². The maximum atomic E-state index is 12.3. The van der Waals surface area contributed by atoms with Crippen LogP contribution in [0.4, 0.5) is 5.69 Å². The molecular formula is C18H15N3O3. The van der Waals surface area contributed by atoms with Crippen molar-refractivity contribution in [3.8, 4) is 0 Å². The number of aliphatic hydroxyl groups is 1. The summed E-state index contributed by atoms with van der Waals surface area (Å²) in [4.78, 5) is 31.3. The van der Waals surface area contributed by atoms with Gasteiger partial charge in [0.1, 0.15) is 0 Å². The number of benzene rings is 1. The first-order valence-electron chi connectivity index (χ1n) is 7.31. The van der Waals surface area contributed by atoms with Crippen LogP contribution in [0.15, 0.2) is 61.2 Å². The van der Waals surface area contributed by atoms with Crippen molar-refractivity contribution in [1.29, 1.82) is 0 Å². The molecule has 3 N–H and O–H groups in total. The lowest BCUT2D eigenvalue weighted by Crippen LogP contribution is -2.14. The highest BCUT2D eigenvalue weighted by atomic mass is 16.3. The predicted molar refractivity (Wildman–Crippen MR) is 88.8 cm³/mol. The first-order valence-corrected chi connectivity index (χ1v) is 7.31. The van der Waals surface area contributed by atoms with Crippen LogP contribution in [0.2, 0.25) is 0 Å². The molecule has 6 heteroatoms. The van der Waals surface area contributed by atoms with Gasteiger partial charge >= 0.3 is 0 Å². The number of rotatable bonds is 5. The molecule has 0 fully saturated rings. The minimum Gasteiger partial charge on any atom is -0.392 e. The van der Waals surface area contributed by atoms with Gasteiger partial charge in [0, 0.05) is 40.8 Å². The zero-order chi connectivity index (χ0) is 16.9. The molecule has 0 atom stereocenters. The molecule has 1 aromatic carbocycles. The van der Waals surface area contributed by atoms with E-state index in [2.05, 4.69) is 15.3 Å². The number of anilines is 1. The third-order valence-corrected chi connectivity index (χ3v) is 3.60. The maximum absolute atomic E-state index is 12.3. The highest BCUT2D eigenvalue weighted by molar-refractivity contribution is 6.10. The van der Waals surface area contributed by atoms with Crippen LogP contribution in [0, 0.1) is 0 Å². The van der Waals surface area contributed by atoms with Crippen LogP contribution in [0.1, 0.15) is 31.8 Å². The van der Waals surface area contributed by atoms with E-state index in [1.807, 2.05) is 0 Å². The molecule has 0 radical (unpaired) electrons. The molecular weight excluding hydrogens is 306 g/mol. The van der Waals surface area contributed by atoms with Crippen molar-refractivity contribution in [2.45, 2.75) is 6.61 Å². The van der Waals surface area contributed by atoms with Crippen LogP contribution in [-0.4, -0.2) is 26.8 Å². The highest BCUT2D eigenvalue weighted by Crippen LogP contribution is 2.16. The lowest BCUT2D eigenvalue weighted by molar-refractivity contribution is 0.102. The van der Waals surface area contributed by atoms with Gasteiger partial charge in [-0.05, 0) is 24.3 Å². The molecule has 24 heavy (non-hydrogen) atoms. The fourth-order valence-corrected chi connectivity index (χ4v) is 2.27. The van der Waals surface area contributed by atoms with E-state index in [0.717, 1.165) is 0 Å². The van der Waals surface area contributed by atoms with Crippen molar-refractivity contribution < 1.29 is 14.7 Å². The topological polar surface area (TPSA) is 95.1 Å². The number of aromatic nitrogens is 2. The summed E-state index contributed by atoms with van der Waals surface area (Å²) in [7, 11) is 0. The summed E-state index contributed by atoms with van der Waals surface area (Å²) in [6.07, 6.45) is 6.33. The van der Waals surface area contributed by atoms with Gasteiger partial charge in [0.25, 0.3) is 5.91 Å². The molecule has 1 amide bonds. The first-order chi connectivity index (χ1) is 11.7. The Kier molecular flexibility index (Phi) is 4.49. The third-order valence-electron chi connectivity index (χ3n) is 3.60. The van der Waals surface area contributed by atoms with Gasteiger partial charge in [0.2, 0.25) is 0 Å². The predicted octanol–water partition coefficient (Wildman–Crippen LogP) is 2.39. The third kappa shape index (κ3) is 3.23. The molecule has 2 aromatic heterocycles. The zero-order valence-electron chi connectivity index (χ0n) is 12.7. The molecule has 0 saturated carbocycles. The van der Waals surface area contributed by atoms with Crippen LogP contribution in [0.25, 0.3) is 0 Å². The molecule has 0 spiro atoms. The average molecular weight is 321 g/mol. The number of hydrogen-bond acceptors (Lipinski definition) is 4. The quantitative estimate of drug-likeness (QED) is 0.629. The summed E-state index contributed by atoms with van der Waals surface area (Å²) < 4.78 is 0. The molecule has 0 bridgehead atoms. The van der Waals surface area contributed by atoms with Gasteiger partial charge in [-0.3, -0.25) is 14.6 Å². The summed E-state index contributed by atoms with van der Waals surface area (Å²) in [6, 6.07) is 9.73. The molecule has 120 valence electrons. The highest BCUT2D eigenvalue weighted by Gasteiger charge is 2.12. The molecule has 0 unspecified atom stereocenters. The minimum atomic E-state index is -0.335. The van der Waals surface area contributed by atoms with Crippen LogP contribution < -0.4 is 5.32 Å². The first kappa shape index (κ1) is 15.6. The molecule has 3 rings (SSSR count). The van der Waals surface area contributed by atoms with Crippen LogP contribution >= 0.6 is 0 Å². The summed E-state index contributed by atoms with van der Waals surface area (Å²) in [5.74, 6) is -0.448. The Morgan fingerprint density at radius 2 is 1.79 bits per heavy atom. The number of hydrogen-bond donors (Lipinski definition) is 3. The van der Waals surface area contributed by atoms with Crippen molar-refractivity contribution >= 4 is 17.4 Å². The van der Waals surface area contributed by atoms with Gasteiger partial charge < -0.3 is 15.4 Å². The monoisotopic (exact) mass is 321 g/mol. The number of carbonyl (C=O) groups is 2. The number of nitrogens with one attached hydrogen (secondary N) is 2. The fraction of sp³-hybridized carbons (Fsp3) is 0.0556. The number of amides is 1. The molecule has 3 aromatic rings. The minimum absolute atomic E-state index is 0.113. The lowest BCUT2D eigenvalue weighted by Gasteiger charge is -2.09. The van der Waals surface area contributed by atoms with Crippen molar-refractivity contribution in [1.82, 2.24) is 9.97 Å². The summed E-state index contributed by atoms with van der Waals surface area (Å²) in [5.41, 5.74) is 2.52. The molecule has 0 saturated heterocycles. The fourth-order valence-electron chi connectivity index (χ4n) is 2.27. The van der Waals surface area contributed by atoms with Crippen molar-refractivity contribution in [3.63, 3.8) is 0 Å². The Hall–Kier alpha value is -3.25. The SMILES string of the molecule is O=C(Nc1cnccc1CO)c1ccc(C(=O)c2cc[nH]c2)cc1. The number of ketones is 1. The van der Waals surface area contributed by atoms with Crippen LogP contribution in [0.3, 0.4) is 0 Å². The van der Waals surface area contributed by atoms with Gasteiger partial charge in [-0.2, -0.15) is 0 Å². The summed E-state index contributed by atoms with van der Waals surface area (Å²) in [5, 5.41) is 12.0. The van der Waals surface area contributed by atoms with Crippen molar-refractivity contribution in [3.05, 3.63) is 83.4 Å². The van der Waals surface area contributed by atoms with E-state index in [-0.39, 0.29) is 18.3 Å². The van der Waals surface area contributed by atoms with Gasteiger partial charge in [0.15, 0.2) is 5.78 Å². The molecule has 2 heterocycles. The summed E-state index contributed by atoms with van der Waals surface area (Å²) >= 11 is 0. The molecule has 0 aliphatic carbocycles. The number of nitrogens with zero attached hydrogens (tertiary/aromatic N) is 1. The Labute approximate surface area is 138 Å². The number of aliphatic hydroxyl groups excluding tert-OH is 1. The second kappa shape index (κ2) is 6.89. The van der Waals surface area contributed by atoms with E-state index in [4.69, 9.17) is 0 Å². The van der Waals surface area contributed by atoms with Crippen molar-refractivity contribution in [2.24, 2.45) is 0 Å². The number of pyridine rings is 1. The normalized spacial score (nSPS) is 10.4. The maximum Gasteiger partial charge on any atom is 0.255 e. The Bertz CT molecular complexity index is 855. The van der Waals surface area contributed by atoms with Gasteiger partial charge in [-0.15, -0.1) is 0 Å². The van der Waals surface area contributed by atoms with Gasteiger partial charge in [-0.25, -0.2) is 0 Å². The van der Waals surface area contributed by atoms with E-state index >= 15 is 0 Å². The smallest absolute Gasteiger partial charge is 0.255 e. The lowest BCUT2D eigenvalue weighted by atomic mass is 10.0. The van der Waals surface area contributed by atoms with E-state index in [9.17, 15) is 14.7 Å². The second-order valence-corrected chi connectivity index (χ2v) is 5.15. The Balaban J connectivity index is 1.76. The second-order valence-electron chi connectivity index (χ2n) is 5.15. The Morgan fingerprint density at radius 3 is 2.46 bits per heavy atom. The molecule has 0 aliphatic heterocycles. The van der Waals surface area contributed by atoms with Crippen LogP contribution in [-0.2, 0) is 6.61 Å². The van der Waals surface area contributed by atoms with E-state index in [1.165, 1.54) is 6.20 Å². The van der Waals surface area contributed by atoms with Gasteiger partial charge in [0.05, 0.1) is 18.5 Å². The number of H-pyrrole nitrogens is 1. The van der Waals surface area contributed by atoms with E-state index in [0.29, 0.717) is 27.9 Å². The standard InChI is InChI=1S/C18H15N3O3/c22-11-15-6-8-20-10-16(15)21-18(24)13-3-1-12(2-4-13)17(23)14-5-7-19-9-14/h1-10,19,22H,11H2,(H,21,24). The van der Waals surface area contributed by atoms with Gasteiger partial charge in [-0.1, -0.05) is 12.1 Å². The van der Waals surface area contributed by atoms with E-state index < -0.39 is 0 Å². The summed E-state index contributed by atoms with van der Waals surface area (Å²) in [6.45, 7) is -0.192. The number of aromatic amines is 1. The zero-order valence-corrected chi connectivity index (χ0v) is 12.7. The number of carbonyl (C=O) groups excluding carboxylic acids is 2. The van der Waals surface area contributed by atoms with Crippen molar-refractivity contribution in [2.75, 3.05) is 5.32 Å². The average Bonchev–Trinajstić information content (AvgIpc) is 3.16. The largest absolute Gasteiger partial charge is 0.392 e. The molecule has 6 nitrogen and oxygen atoms in total. The Morgan fingerprint density at radius 1 is 1.04 bits per heavy atom. The molecule has 0 aliphatic rings. The van der Waals surface area contributed by atoms with E-state index in [1.54, 1.807) is 55.0 Å².